The van der Waals surface area contributed by atoms with Crippen LogP contribution in [0.15, 0.2) is 12.0 Å². The molecule has 1 aliphatic rings. The number of nitrogens with two attached hydrogens (primary N) is 1. The number of unbranched alkanes of at least 4 members (excludes halogenated alkanes) is 5. The van der Waals surface area contributed by atoms with Crippen molar-refractivity contribution in [3.63, 3.8) is 0 Å². The van der Waals surface area contributed by atoms with Crippen LogP contribution in [0.3, 0.4) is 0 Å². The summed E-state index contributed by atoms with van der Waals surface area (Å²) < 4.78 is 5.17. The third-order valence-electron chi connectivity index (χ3n) is 3.81. The van der Waals surface area contributed by atoms with E-state index in [2.05, 4.69) is 6.92 Å². The van der Waals surface area contributed by atoms with E-state index in [1.165, 1.54) is 19.3 Å². The second-order valence-corrected chi connectivity index (χ2v) is 5.31. The largest absolute Gasteiger partial charge is 0.506 e. The number of hydrogen-bond donors (Lipinski definition) is 4. The summed E-state index contributed by atoms with van der Waals surface area (Å²) in [5.41, 5.74) is 4.06. The van der Waals surface area contributed by atoms with Crippen molar-refractivity contribution < 1.29 is 20.1 Å². The van der Waals surface area contributed by atoms with Crippen molar-refractivity contribution in [2.24, 2.45) is 5.73 Å². The van der Waals surface area contributed by atoms with E-state index in [1.54, 1.807) is 0 Å². The molecule has 1 heterocycles. The van der Waals surface area contributed by atoms with Gasteiger partial charge in [-0.15, -0.1) is 0 Å². The van der Waals surface area contributed by atoms with Crippen LogP contribution in [-0.2, 0) is 4.74 Å². The molecule has 0 spiro atoms. The molecular formula is C14H27NO4. The first-order valence-electron chi connectivity index (χ1n) is 7.21. The summed E-state index contributed by atoms with van der Waals surface area (Å²) in [7, 11) is 0. The first-order valence-corrected chi connectivity index (χ1v) is 7.21. The Hall–Kier alpha value is -0.780. The Morgan fingerprint density at radius 3 is 2.53 bits per heavy atom. The molecule has 0 aromatic heterocycles. The monoisotopic (exact) mass is 273 g/mol. The van der Waals surface area contributed by atoms with Crippen LogP contribution in [0.25, 0.3) is 0 Å². The highest BCUT2D eigenvalue weighted by Gasteiger charge is 2.48. The molecule has 0 saturated carbocycles. The highest BCUT2D eigenvalue weighted by molar-refractivity contribution is 5.12. The number of rotatable bonds is 8. The van der Waals surface area contributed by atoms with Gasteiger partial charge in [0.05, 0.1) is 0 Å². The topological polar surface area (TPSA) is 95.9 Å². The Balaban J connectivity index is 2.45. The van der Waals surface area contributed by atoms with Crippen molar-refractivity contribution >= 4 is 0 Å². The van der Waals surface area contributed by atoms with Crippen LogP contribution in [0, 0.1) is 0 Å². The molecule has 112 valence electrons. The molecule has 0 amide bonds. The van der Waals surface area contributed by atoms with Crippen LogP contribution in [0.1, 0.15) is 51.9 Å². The molecule has 3 atom stereocenters. The second-order valence-electron chi connectivity index (χ2n) is 5.31. The molecule has 0 bridgehead atoms. The van der Waals surface area contributed by atoms with E-state index in [4.69, 9.17) is 10.5 Å². The standard InChI is InChI=1S/C14H27NO4/c1-2-3-4-5-6-7-8-14(18)12(9-15)19-10-11(16)13(14)17/h10,12-13,16-18H,2-9,15H2,1H3/t12-,13-,14-/m1/s1. The van der Waals surface area contributed by atoms with Gasteiger partial charge in [0.1, 0.15) is 24.1 Å². The molecular weight excluding hydrogens is 246 g/mol. The molecule has 1 aliphatic heterocycles. The molecule has 0 aliphatic carbocycles. The number of hydrogen-bond acceptors (Lipinski definition) is 5. The summed E-state index contributed by atoms with van der Waals surface area (Å²) in [5.74, 6) is -0.335. The summed E-state index contributed by atoms with van der Waals surface area (Å²) >= 11 is 0. The zero-order chi connectivity index (χ0) is 14.3. The molecule has 19 heavy (non-hydrogen) atoms. The van der Waals surface area contributed by atoms with Gasteiger partial charge in [-0.2, -0.15) is 0 Å². The van der Waals surface area contributed by atoms with Gasteiger partial charge in [0.15, 0.2) is 5.76 Å². The molecule has 0 radical (unpaired) electrons. The first kappa shape index (κ1) is 16.3. The SMILES string of the molecule is CCCCCCCC[C@]1(O)[C@H](O)C(O)=CO[C@@H]1CN. The Morgan fingerprint density at radius 1 is 1.26 bits per heavy atom. The van der Waals surface area contributed by atoms with Crippen molar-refractivity contribution in [2.45, 2.75) is 69.7 Å². The molecule has 1 rings (SSSR count). The van der Waals surface area contributed by atoms with Crippen molar-refractivity contribution in [2.75, 3.05) is 6.54 Å². The van der Waals surface area contributed by atoms with E-state index >= 15 is 0 Å². The van der Waals surface area contributed by atoms with Gasteiger partial charge in [-0.3, -0.25) is 0 Å². The average Bonchev–Trinajstić information content (AvgIpc) is 2.40. The molecule has 0 aromatic rings. The third kappa shape index (κ3) is 4.09. The quantitative estimate of drug-likeness (QED) is 0.504. The Kier molecular flexibility index (Phi) is 6.62. The Bertz CT molecular complexity index is 295. The minimum atomic E-state index is -1.49. The predicted octanol–water partition coefficient (Wildman–Crippen LogP) is 1.59. The van der Waals surface area contributed by atoms with Crippen molar-refractivity contribution in [1.29, 1.82) is 0 Å². The second kappa shape index (κ2) is 7.72. The molecule has 5 heteroatoms. The lowest BCUT2D eigenvalue weighted by Crippen LogP contribution is -2.58. The lowest BCUT2D eigenvalue weighted by Gasteiger charge is -2.41. The predicted molar refractivity (Wildman–Crippen MR) is 73.6 cm³/mol. The zero-order valence-electron chi connectivity index (χ0n) is 11.7. The summed E-state index contributed by atoms with van der Waals surface area (Å²) in [6.07, 6.45) is 5.98. The fourth-order valence-electron chi connectivity index (χ4n) is 2.51. The summed E-state index contributed by atoms with van der Waals surface area (Å²) in [6.45, 7) is 2.27. The maximum atomic E-state index is 10.5. The smallest absolute Gasteiger partial charge is 0.158 e. The van der Waals surface area contributed by atoms with E-state index in [9.17, 15) is 15.3 Å². The van der Waals surface area contributed by atoms with E-state index in [0.717, 1.165) is 25.5 Å². The van der Waals surface area contributed by atoms with Crippen molar-refractivity contribution in [1.82, 2.24) is 0 Å². The van der Waals surface area contributed by atoms with Crippen LogP contribution in [0.2, 0.25) is 0 Å². The Morgan fingerprint density at radius 2 is 1.89 bits per heavy atom. The van der Waals surface area contributed by atoms with Crippen LogP contribution in [0.4, 0.5) is 0 Å². The van der Waals surface area contributed by atoms with Gasteiger partial charge < -0.3 is 25.8 Å². The van der Waals surface area contributed by atoms with Gasteiger partial charge in [0.2, 0.25) is 0 Å². The summed E-state index contributed by atoms with van der Waals surface area (Å²) in [5, 5.41) is 29.9. The van der Waals surface area contributed by atoms with Gasteiger partial charge in [-0.1, -0.05) is 45.4 Å². The summed E-state index contributed by atoms with van der Waals surface area (Å²) in [4.78, 5) is 0. The van der Waals surface area contributed by atoms with Crippen LogP contribution >= 0.6 is 0 Å². The van der Waals surface area contributed by atoms with Gasteiger partial charge in [-0.25, -0.2) is 0 Å². The van der Waals surface area contributed by atoms with E-state index in [0.29, 0.717) is 6.42 Å². The van der Waals surface area contributed by atoms with Crippen molar-refractivity contribution in [3.8, 4) is 0 Å². The molecule has 5 N–H and O–H groups in total. The summed E-state index contributed by atoms with van der Waals surface area (Å²) in [6, 6.07) is 0. The van der Waals surface area contributed by atoms with Gasteiger partial charge >= 0.3 is 0 Å². The normalized spacial score (nSPS) is 30.8. The first-order chi connectivity index (χ1) is 9.06. The van der Waals surface area contributed by atoms with Crippen LogP contribution in [-0.4, -0.2) is 39.7 Å². The molecule has 0 fully saturated rings. The fraction of sp³-hybridized carbons (Fsp3) is 0.857. The number of ether oxygens (including phenoxy) is 1. The molecule has 0 unspecified atom stereocenters. The lowest BCUT2D eigenvalue weighted by molar-refractivity contribution is -0.164. The van der Waals surface area contributed by atoms with Gasteiger partial charge in [0.25, 0.3) is 0 Å². The number of aliphatic hydroxyl groups is 3. The maximum Gasteiger partial charge on any atom is 0.158 e. The highest BCUT2D eigenvalue weighted by Crippen LogP contribution is 2.32. The average molecular weight is 273 g/mol. The van der Waals surface area contributed by atoms with Crippen molar-refractivity contribution in [3.05, 3.63) is 12.0 Å². The maximum absolute atomic E-state index is 10.5. The van der Waals surface area contributed by atoms with E-state index < -0.39 is 17.8 Å². The third-order valence-corrected chi connectivity index (χ3v) is 3.81. The lowest BCUT2D eigenvalue weighted by atomic mass is 9.82. The van der Waals surface area contributed by atoms with Crippen LogP contribution < -0.4 is 5.73 Å². The number of aliphatic hydroxyl groups excluding tert-OH is 2. The fourth-order valence-corrected chi connectivity index (χ4v) is 2.51. The van der Waals surface area contributed by atoms with Gasteiger partial charge in [-0.05, 0) is 6.42 Å². The highest BCUT2D eigenvalue weighted by atomic mass is 16.5. The molecule has 0 saturated heterocycles. The van der Waals surface area contributed by atoms with E-state index in [1.807, 2.05) is 0 Å². The van der Waals surface area contributed by atoms with Gasteiger partial charge in [0, 0.05) is 6.54 Å². The zero-order valence-corrected chi connectivity index (χ0v) is 11.7. The molecule has 0 aromatic carbocycles. The Labute approximate surface area is 115 Å². The minimum Gasteiger partial charge on any atom is -0.506 e. The molecule has 5 nitrogen and oxygen atoms in total. The minimum absolute atomic E-state index is 0.104. The van der Waals surface area contributed by atoms with Crippen LogP contribution in [0.5, 0.6) is 0 Å². The van der Waals surface area contributed by atoms with E-state index in [-0.39, 0.29) is 12.3 Å².